The van der Waals surface area contributed by atoms with Crippen molar-refractivity contribution in [3.8, 4) is 0 Å². The molecular weight excluding hydrogens is 226 g/mol. The van der Waals surface area contributed by atoms with Crippen molar-refractivity contribution in [2.75, 3.05) is 39.8 Å². The van der Waals surface area contributed by atoms with Crippen LogP contribution in [0.4, 0.5) is 0 Å². The lowest BCUT2D eigenvalue weighted by atomic mass is 10.1. The van der Waals surface area contributed by atoms with E-state index in [2.05, 4.69) is 22.2 Å². The molecule has 0 spiro atoms. The standard InChI is InChI=1S/C14H27N3O/c1-16(13-7-6-8-15-11-13)12-14(18)17-9-4-2-3-5-10-17/h13,15H,2-12H2,1H3. The number of nitrogens with one attached hydrogen (secondary N) is 1. The van der Waals surface area contributed by atoms with E-state index in [1.807, 2.05) is 0 Å². The number of rotatable bonds is 3. The van der Waals surface area contributed by atoms with E-state index in [1.165, 1.54) is 38.5 Å². The van der Waals surface area contributed by atoms with Gasteiger partial charge in [-0.2, -0.15) is 0 Å². The van der Waals surface area contributed by atoms with Gasteiger partial charge in [0, 0.05) is 25.7 Å². The lowest BCUT2D eigenvalue weighted by Crippen LogP contribution is -2.48. The molecule has 1 amide bonds. The SMILES string of the molecule is CN(CC(=O)N1CCCCCC1)C1CCCNC1. The summed E-state index contributed by atoms with van der Waals surface area (Å²) in [6.45, 7) is 4.69. The summed E-state index contributed by atoms with van der Waals surface area (Å²) in [5, 5.41) is 3.41. The molecule has 1 atom stereocenters. The van der Waals surface area contributed by atoms with Gasteiger partial charge in [0.2, 0.25) is 5.91 Å². The molecule has 0 saturated carbocycles. The van der Waals surface area contributed by atoms with Crippen molar-refractivity contribution in [1.82, 2.24) is 15.1 Å². The fourth-order valence-corrected chi connectivity index (χ4v) is 2.97. The lowest BCUT2D eigenvalue weighted by Gasteiger charge is -2.32. The molecule has 2 fully saturated rings. The first-order valence-corrected chi connectivity index (χ1v) is 7.46. The predicted octanol–water partition coefficient (Wildman–Crippen LogP) is 1.07. The van der Waals surface area contributed by atoms with Crippen molar-refractivity contribution < 1.29 is 4.79 Å². The van der Waals surface area contributed by atoms with Crippen molar-refractivity contribution in [3.63, 3.8) is 0 Å². The molecule has 1 N–H and O–H groups in total. The minimum absolute atomic E-state index is 0.324. The van der Waals surface area contributed by atoms with Gasteiger partial charge in [-0.1, -0.05) is 12.8 Å². The summed E-state index contributed by atoms with van der Waals surface area (Å²) in [4.78, 5) is 16.6. The van der Waals surface area contributed by atoms with E-state index in [-0.39, 0.29) is 0 Å². The fraction of sp³-hybridized carbons (Fsp3) is 0.929. The number of likely N-dealkylation sites (tertiary alicyclic amines) is 1. The maximum atomic E-state index is 12.3. The number of likely N-dealkylation sites (N-methyl/N-ethyl adjacent to an activating group) is 1. The maximum absolute atomic E-state index is 12.3. The van der Waals surface area contributed by atoms with Crippen LogP contribution in [0.5, 0.6) is 0 Å². The number of piperidine rings is 1. The largest absolute Gasteiger partial charge is 0.342 e. The number of carbonyl (C=O) groups excluding carboxylic acids is 1. The molecule has 0 aromatic rings. The summed E-state index contributed by atoms with van der Waals surface area (Å²) in [7, 11) is 2.09. The lowest BCUT2D eigenvalue weighted by molar-refractivity contribution is -0.132. The van der Waals surface area contributed by atoms with Gasteiger partial charge in [-0.3, -0.25) is 9.69 Å². The molecule has 2 saturated heterocycles. The molecule has 4 nitrogen and oxygen atoms in total. The van der Waals surface area contributed by atoms with Crippen molar-refractivity contribution >= 4 is 5.91 Å². The quantitative estimate of drug-likeness (QED) is 0.817. The first-order chi connectivity index (χ1) is 8.77. The molecule has 0 aromatic carbocycles. The van der Waals surface area contributed by atoms with E-state index in [9.17, 15) is 4.79 Å². The van der Waals surface area contributed by atoms with Crippen LogP contribution < -0.4 is 5.32 Å². The average Bonchev–Trinajstić information content (AvgIpc) is 2.68. The molecule has 1 unspecified atom stereocenters. The zero-order valence-corrected chi connectivity index (χ0v) is 11.7. The van der Waals surface area contributed by atoms with Crippen LogP contribution in [0, 0.1) is 0 Å². The molecule has 2 rings (SSSR count). The molecule has 0 aliphatic carbocycles. The van der Waals surface area contributed by atoms with E-state index in [4.69, 9.17) is 0 Å². The Morgan fingerprint density at radius 2 is 1.94 bits per heavy atom. The smallest absolute Gasteiger partial charge is 0.236 e. The third kappa shape index (κ3) is 3.95. The van der Waals surface area contributed by atoms with Crippen LogP contribution in [0.25, 0.3) is 0 Å². The third-order valence-electron chi connectivity index (χ3n) is 4.24. The molecular formula is C14H27N3O. The highest BCUT2D eigenvalue weighted by atomic mass is 16.2. The molecule has 2 heterocycles. The second kappa shape index (κ2) is 7.10. The summed E-state index contributed by atoms with van der Waals surface area (Å²) < 4.78 is 0. The summed E-state index contributed by atoms with van der Waals surface area (Å²) >= 11 is 0. The second-order valence-corrected chi connectivity index (χ2v) is 5.71. The van der Waals surface area contributed by atoms with E-state index < -0.39 is 0 Å². The zero-order valence-electron chi connectivity index (χ0n) is 11.7. The van der Waals surface area contributed by atoms with Crippen molar-refractivity contribution in [3.05, 3.63) is 0 Å². The highest BCUT2D eigenvalue weighted by molar-refractivity contribution is 5.78. The van der Waals surface area contributed by atoms with Crippen LogP contribution in [0.3, 0.4) is 0 Å². The van der Waals surface area contributed by atoms with Crippen molar-refractivity contribution in [2.45, 2.75) is 44.6 Å². The Balaban J connectivity index is 1.77. The Bertz CT molecular complexity index is 256. The van der Waals surface area contributed by atoms with Crippen molar-refractivity contribution in [1.29, 1.82) is 0 Å². The second-order valence-electron chi connectivity index (χ2n) is 5.71. The molecule has 0 bridgehead atoms. The number of amides is 1. The summed E-state index contributed by atoms with van der Waals surface area (Å²) in [5.41, 5.74) is 0. The summed E-state index contributed by atoms with van der Waals surface area (Å²) in [6.07, 6.45) is 7.38. The molecule has 2 aliphatic rings. The normalized spacial score (nSPS) is 26.1. The van der Waals surface area contributed by atoms with E-state index in [0.29, 0.717) is 18.5 Å². The number of nitrogens with zero attached hydrogens (tertiary/aromatic N) is 2. The van der Waals surface area contributed by atoms with Crippen LogP contribution in [0.1, 0.15) is 38.5 Å². The van der Waals surface area contributed by atoms with E-state index >= 15 is 0 Å². The Morgan fingerprint density at radius 1 is 1.22 bits per heavy atom. The third-order valence-corrected chi connectivity index (χ3v) is 4.24. The highest BCUT2D eigenvalue weighted by Crippen LogP contribution is 2.12. The Labute approximate surface area is 111 Å². The van der Waals surface area contributed by atoms with Crippen LogP contribution in [0.2, 0.25) is 0 Å². The van der Waals surface area contributed by atoms with Crippen LogP contribution in [0.15, 0.2) is 0 Å². The van der Waals surface area contributed by atoms with Crippen molar-refractivity contribution in [2.24, 2.45) is 0 Å². The van der Waals surface area contributed by atoms with Gasteiger partial charge in [-0.25, -0.2) is 0 Å². The minimum atomic E-state index is 0.324. The van der Waals surface area contributed by atoms with Crippen LogP contribution >= 0.6 is 0 Å². The molecule has 4 heteroatoms. The Kier molecular flexibility index (Phi) is 5.45. The summed E-state index contributed by atoms with van der Waals surface area (Å²) in [5.74, 6) is 0.324. The fourth-order valence-electron chi connectivity index (χ4n) is 2.97. The summed E-state index contributed by atoms with van der Waals surface area (Å²) in [6, 6.07) is 0.537. The maximum Gasteiger partial charge on any atom is 0.236 e. The molecule has 0 aromatic heterocycles. The number of carbonyl (C=O) groups is 1. The van der Waals surface area contributed by atoms with Gasteiger partial charge >= 0.3 is 0 Å². The topological polar surface area (TPSA) is 35.6 Å². The first kappa shape index (κ1) is 13.8. The molecule has 0 radical (unpaired) electrons. The van der Waals surface area contributed by atoms with Gasteiger partial charge in [0.25, 0.3) is 0 Å². The van der Waals surface area contributed by atoms with Gasteiger partial charge < -0.3 is 10.2 Å². The first-order valence-electron chi connectivity index (χ1n) is 7.46. The molecule has 104 valence electrons. The Hall–Kier alpha value is -0.610. The van der Waals surface area contributed by atoms with Crippen LogP contribution in [-0.4, -0.2) is 61.5 Å². The van der Waals surface area contributed by atoms with Gasteiger partial charge in [0.1, 0.15) is 0 Å². The minimum Gasteiger partial charge on any atom is -0.342 e. The number of hydrogen-bond acceptors (Lipinski definition) is 3. The number of hydrogen-bond donors (Lipinski definition) is 1. The van der Waals surface area contributed by atoms with Crippen LogP contribution in [-0.2, 0) is 4.79 Å². The van der Waals surface area contributed by atoms with E-state index in [0.717, 1.165) is 26.2 Å². The van der Waals surface area contributed by atoms with Gasteiger partial charge in [0.05, 0.1) is 6.54 Å². The van der Waals surface area contributed by atoms with Gasteiger partial charge in [0.15, 0.2) is 0 Å². The van der Waals surface area contributed by atoms with Gasteiger partial charge in [-0.05, 0) is 39.3 Å². The monoisotopic (exact) mass is 253 g/mol. The highest BCUT2D eigenvalue weighted by Gasteiger charge is 2.22. The molecule has 2 aliphatic heterocycles. The molecule has 18 heavy (non-hydrogen) atoms. The Morgan fingerprint density at radius 3 is 2.56 bits per heavy atom. The van der Waals surface area contributed by atoms with Gasteiger partial charge in [-0.15, -0.1) is 0 Å². The zero-order chi connectivity index (χ0) is 12.8. The predicted molar refractivity (Wildman–Crippen MR) is 73.6 cm³/mol. The van der Waals surface area contributed by atoms with E-state index in [1.54, 1.807) is 0 Å². The average molecular weight is 253 g/mol.